The third-order valence-electron chi connectivity index (χ3n) is 11.5. The Hall–Kier alpha value is -4.75. The largest absolute Gasteiger partial charge is 0.336 e. The summed E-state index contributed by atoms with van der Waals surface area (Å²) in [6, 6.07) is 55.4. The molecule has 2 atom stereocenters. The van der Waals surface area contributed by atoms with Gasteiger partial charge in [-0.15, -0.1) is 0 Å². The van der Waals surface area contributed by atoms with Crippen LogP contribution in [0.1, 0.15) is 43.0 Å². The quantitative estimate of drug-likeness (QED) is 0.149. The zero-order valence-corrected chi connectivity index (χ0v) is 36.8. The summed E-state index contributed by atoms with van der Waals surface area (Å²) in [5, 5.41) is 5.24. The van der Waals surface area contributed by atoms with Crippen molar-refractivity contribution in [3.8, 4) is 22.3 Å². The molecule has 2 aliphatic rings. The van der Waals surface area contributed by atoms with Gasteiger partial charge in [0.15, 0.2) is 0 Å². The molecule has 0 spiro atoms. The molecular weight excluding hydrogens is 780 g/mol. The van der Waals surface area contributed by atoms with Gasteiger partial charge in [0.05, 0.1) is 0 Å². The fraction of sp³-hybridized carbons (Fsp3) is 0.302. The van der Waals surface area contributed by atoms with Gasteiger partial charge in [0.1, 0.15) is 0 Å². The molecule has 5 nitrogen and oxygen atoms in total. The van der Waals surface area contributed by atoms with Crippen molar-refractivity contribution >= 4 is 29.1 Å². The predicted octanol–water partition coefficient (Wildman–Crippen LogP) is 11.3. The van der Waals surface area contributed by atoms with Crippen LogP contribution in [0.2, 0.25) is 10.0 Å². The van der Waals surface area contributed by atoms with Gasteiger partial charge < -0.3 is 10.2 Å². The second-order valence-electron chi connectivity index (χ2n) is 17.3. The minimum atomic E-state index is -0.369. The number of carbonyl (C=O) groups excluding carboxylic acids is 1. The Morgan fingerprint density at radius 3 is 1.52 bits per heavy atom. The first-order valence-corrected chi connectivity index (χ1v) is 22.1. The van der Waals surface area contributed by atoms with E-state index in [-0.39, 0.29) is 17.4 Å². The molecule has 2 fully saturated rings. The molecule has 6 aromatic carbocycles. The molecule has 310 valence electrons. The summed E-state index contributed by atoms with van der Waals surface area (Å²) in [6.07, 6.45) is 1.97. The number of halogens is 2. The summed E-state index contributed by atoms with van der Waals surface area (Å²) in [6.45, 7) is 13.7. The van der Waals surface area contributed by atoms with Crippen LogP contribution in [0, 0.1) is 5.41 Å². The van der Waals surface area contributed by atoms with E-state index >= 15 is 0 Å². The maximum Gasteiger partial charge on any atom is 0.228 e. The van der Waals surface area contributed by atoms with Crippen LogP contribution in [0.4, 0.5) is 0 Å². The average Bonchev–Trinajstić information content (AvgIpc) is 3.25. The van der Waals surface area contributed by atoms with Crippen LogP contribution in [-0.4, -0.2) is 72.0 Å². The fourth-order valence-corrected chi connectivity index (χ4v) is 8.87. The summed E-state index contributed by atoms with van der Waals surface area (Å²) >= 11 is 12.7. The smallest absolute Gasteiger partial charge is 0.228 e. The molecule has 0 radical (unpaired) electrons. The summed E-state index contributed by atoms with van der Waals surface area (Å²) in [5.74, 6) is 0.243. The van der Waals surface area contributed by atoms with E-state index in [0.717, 1.165) is 91.9 Å². The van der Waals surface area contributed by atoms with E-state index in [4.69, 9.17) is 23.2 Å². The van der Waals surface area contributed by atoms with E-state index in [1.807, 2.05) is 63.2 Å². The van der Waals surface area contributed by atoms with Crippen LogP contribution < -0.4 is 5.32 Å². The molecule has 2 saturated heterocycles. The van der Waals surface area contributed by atoms with E-state index < -0.39 is 0 Å². The lowest BCUT2D eigenvalue weighted by molar-refractivity contribution is -0.144. The number of benzene rings is 6. The normalized spacial score (nSPS) is 17.4. The van der Waals surface area contributed by atoms with Gasteiger partial charge in [0.2, 0.25) is 5.91 Å². The average molecular weight is 838 g/mol. The van der Waals surface area contributed by atoms with E-state index in [9.17, 15) is 4.79 Å². The van der Waals surface area contributed by atoms with Crippen molar-refractivity contribution in [2.75, 3.05) is 39.3 Å². The molecule has 2 aliphatic heterocycles. The highest BCUT2D eigenvalue weighted by Gasteiger charge is 2.35. The van der Waals surface area contributed by atoms with Gasteiger partial charge >= 0.3 is 0 Å². The Labute approximate surface area is 368 Å². The first-order chi connectivity index (χ1) is 29.1. The Bertz CT molecular complexity index is 2260. The Kier molecular flexibility index (Phi) is 14.9. The van der Waals surface area contributed by atoms with Crippen molar-refractivity contribution in [3.63, 3.8) is 0 Å². The number of rotatable bonds is 10. The second kappa shape index (κ2) is 20.7. The standard InChI is InChI=1S/C29H33ClN2O.C24H25ClN2/c1-29(2,3)28(33)32-18-17-31(21-25(32)19-22-9-5-4-6-10-22)20-23-13-15-24(16-14-23)26-11-7-8-12-27(26)30;25-24-9-5-4-8-23(24)21-12-10-20(11-13-21)17-27-15-14-26-22(18-27)16-19-6-2-1-3-7-19/h4-16,25H,17-21H2,1-3H3;1-13,22,26H,14-18H2/t25-;22-/m00/s1. The van der Waals surface area contributed by atoms with Gasteiger partial charge in [0.25, 0.3) is 0 Å². The van der Waals surface area contributed by atoms with Crippen molar-refractivity contribution in [3.05, 3.63) is 190 Å². The van der Waals surface area contributed by atoms with E-state index in [1.165, 1.54) is 27.8 Å². The molecule has 1 N–H and O–H groups in total. The van der Waals surface area contributed by atoms with Crippen LogP contribution in [-0.2, 0) is 30.7 Å². The highest BCUT2D eigenvalue weighted by molar-refractivity contribution is 6.33. The summed E-state index contributed by atoms with van der Waals surface area (Å²) in [7, 11) is 0. The second-order valence-corrected chi connectivity index (χ2v) is 18.1. The highest BCUT2D eigenvalue weighted by atomic mass is 35.5. The zero-order valence-electron chi connectivity index (χ0n) is 35.2. The highest BCUT2D eigenvalue weighted by Crippen LogP contribution is 2.30. The molecule has 8 rings (SSSR count). The van der Waals surface area contributed by atoms with Gasteiger partial charge in [-0.05, 0) is 58.4 Å². The molecule has 7 heteroatoms. The van der Waals surface area contributed by atoms with Crippen LogP contribution >= 0.6 is 23.2 Å². The maximum atomic E-state index is 13.2. The van der Waals surface area contributed by atoms with Crippen molar-refractivity contribution in [1.29, 1.82) is 0 Å². The van der Waals surface area contributed by atoms with Crippen molar-refractivity contribution in [2.45, 2.75) is 58.8 Å². The minimum Gasteiger partial charge on any atom is -0.336 e. The number of carbonyl (C=O) groups is 1. The Morgan fingerprint density at radius 2 is 1.02 bits per heavy atom. The molecule has 0 saturated carbocycles. The number of nitrogens with zero attached hydrogens (tertiary/aromatic N) is 3. The number of nitrogens with one attached hydrogen (secondary N) is 1. The van der Waals surface area contributed by atoms with E-state index in [0.29, 0.717) is 6.04 Å². The molecule has 0 unspecified atom stereocenters. The summed E-state index contributed by atoms with van der Waals surface area (Å²) in [4.78, 5) is 20.3. The lowest BCUT2D eigenvalue weighted by Gasteiger charge is -2.44. The first-order valence-electron chi connectivity index (χ1n) is 21.3. The van der Waals surface area contributed by atoms with Crippen LogP contribution in [0.3, 0.4) is 0 Å². The molecule has 6 aromatic rings. The Morgan fingerprint density at radius 1 is 0.550 bits per heavy atom. The third kappa shape index (κ3) is 12.0. The molecule has 0 aromatic heterocycles. The summed E-state index contributed by atoms with van der Waals surface area (Å²) < 4.78 is 0. The third-order valence-corrected chi connectivity index (χ3v) is 12.2. The van der Waals surface area contributed by atoms with Crippen LogP contribution in [0.25, 0.3) is 22.3 Å². The van der Waals surface area contributed by atoms with Crippen LogP contribution in [0.15, 0.2) is 158 Å². The summed E-state index contributed by atoms with van der Waals surface area (Å²) in [5.41, 5.74) is 9.40. The van der Waals surface area contributed by atoms with Crippen molar-refractivity contribution in [1.82, 2.24) is 20.0 Å². The fourth-order valence-electron chi connectivity index (χ4n) is 8.38. The van der Waals surface area contributed by atoms with Crippen LogP contribution in [0.5, 0.6) is 0 Å². The lowest BCUT2D eigenvalue weighted by Crippen LogP contribution is -2.57. The van der Waals surface area contributed by atoms with Gasteiger partial charge in [-0.25, -0.2) is 0 Å². The van der Waals surface area contributed by atoms with Crippen molar-refractivity contribution < 1.29 is 4.79 Å². The topological polar surface area (TPSA) is 38.8 Å². The predicted molar refractivity (Wildman–Crippen MR) is 251 cm³/mol. The van der Waals surface area contributed by atoms with Gasteiger partial charge in [-0.2, -0.15) is 0 Å². The van der Waals surface area contributed by atoms with E-state index in [1.54, 1.807) is 0 Å². The molecular formula is C53H58Cl2N4O. The van der Waals surface area contributed by atoms with Gasteiger partial charge in [0, 0.05) is 91.0 Å². The minimum absolute atomic E-state index is 0.176. The molecule has 0 bridgehead atoms. The molecule has 2 heterocycles. The molecule has 1 amide bonds. The van der Waals surface area contributed by atoms with Gasteiger partial charge in [-0.3, -0.25) is 14.6 Å². The SMILES string of the molecule is CC(C)(C)C(=O)N1CCN(Cc2ccc(-c3ccccc3Cl)cc2)C[C@@H]1Cc1ccccc1.Clc1ccccc1-c1ccc(CN2CCN[C@@H](Cc3ccccc3)C2)cc1. The molecule has 60 heavy (non-hydrogen) atoms. The monoisotopic (exact) mass is 836 g/mol. The van der Waals surface area contributed by atoms with E-state index in [2.05, 4.69) is 135 Å². The zero-order chi connectivity index (χ0) is 41.9. The van der Waals surface area contributed by atoms with Crippen molar-refractivity contribution in [2.24, 2.45) is 5.41 Å². The molecule has 0 aliphatic carbocycles. The Balaban J connectivity index is 0.000000185. The number of amides is 1. The number of piperazine rings is 2. The maximum absolute atomic E-state index is 13.2. The van der Waals surface area contributed by atoms with Gasteiger partial charge in [-0.1, -0.05) is 190 Å². The number of hydrogen-bond acceptors (Lipinski definition) is 4. The lowest BCUT2D eigenvalue weighted by atomic mass is 9.92. The number of hydrogen-bond donors (Lipinski definition) is 1. The first kappa shape index (κ1) is 43.3.